The second-order valence-electron chi connectivity index (χ2n) is 6.57. The molecule has 3 atom stereocenters. The quantitative estimate of drug-likeness (QED) is 0.381. The van der Waals surface area contributed by atoms with Crippen molar-refractivity contribution >= 4 is 17.9 Å². The average Bonchev–Trinajstić information content (AvgIpc) is 2.61. The number of hydrogen-bond donors (Lipinski definition) is 4. The van der Waals surface area contributed by atoms with Crippen molar-refractivity contribution in [3.05, 3.63) is 24.3 Å². The Hall–Kier alpha value is -2.44. The first-order valence-corrected chi connectivity index (χ1v) is 8.87. The Labute approximate surface area is 165 Å². The molecule has 3 unspecified atom stereocenters. The van der Waals surface area contributed by atoms with Crippen LogP contribution in [0.3, 0.4) is 0 Å². The molecule has 0 aliphatic carbocycles. The van der Waals surface area contributed by atoms with E-state index in [4.69, 9.17) is 0 Å². The monoisotopic (exact) mass is 420 g/mol. The number of benzene rings is 1. The van der Waals surface area contributed by atoms with Crippen molar-refractivity contribution in [1.29, 1.82) is 0 Å². The van der Waals surface area contributed by atoms with Crippen LogP contribution in [0.15, 0.2) is 29.3 Å². The van der Waals surface area contributed by atoms with Crippen molar-refractivity contribution in [2.24, 2.45) is 4.99 Å². The molecule has 162 valence electrons. The van der Waals surface area contributed by atoms with Gasteiger partial charge in [-0.05, 0) is 57.9 Å². The predicted molar refractivity (Wildman–Crippen MR) is 101 cm³/mol. The molecule has 0 radical (unpaired) electrons. The van der Waals surface area contributed by atoms with Crippen LogP contribution in [0.1, 0.15) is 6.42 Å². The van der Waals surface area contributed by atoms with E-state index in [0.29, 0.717) is 6.54 Å². The third-order valence-corrected chi connectivity index (χ3v) is 3.79. The molecule has 12 heteroatoms. The summed E-state index contributed by atoms with van der Waals surface area (Å²) in [5, 5.41) is 10.8. The first-order valence-electron chi connectivity index (χ1n) is 8.87. The molecule has 0 aromatic heterocycles. The fourth-order valence-electron chi connectivity index (χ4n) is 2.49. The molecule has 2 rings (SSSR count). The zero-order valence-corrected chi connectivity index (χ0v) is 16.0. The number of anilines is 1. The lowest BCUT2D eigenvalue weighted by Gasteiger charge is -2.30. The van der Waals surface area contributed by atoms with Crippen molar-refractivity contribution in [2.75, 3.05) is 32.5 Å². The van der Waals surface area contributed by atoms with Gasteiger partial charge in [0.25, 0.3) is 0 Å². The van der Waals surface area contributed by atoms with Gasteiger partial charge in [-0.2, -0.15) is 0 Å². The maximum absolute atomic E-state index is 13.9. The van der Waals surface area contributed by atoms with Gasteiger partial charge in [-0.1, -0.05) is 0 Å². The van der Waals surface area contributed by atoms with Gasteiger partial charge in [0.1, 0.15) is 5.75 Å². The molecule has 2 amide bonds. The topological polar surface area (TPSA) is 90.0 Å². The first-order chi connectivity index (χ1) is 13.6. The molecule has 1 aliphatic heterocycles. The minimum absolute atomic E-state index is 0.249. The van der Waals surface area contributed by atoms with Gasteiger partial charge in [0.2, 0.25) is 0 Å². The molecular weight excluding hydrogens is 396 g/mol. The smallest absolute Gasteiger partial charge is 0.406 e. The van der Waals surface area contributed by atoms with Crippen molar-refractivity contribution in [1.82, 2.24) is 20.9 Å². The summed E-state index contributed by atoms with van der Waals surface area (Å²) in [7, 11) is 3.89. The van der Waals surface area contributed by atoms with Gasteiger partial charge in [0.05, 0.1) is 6.17 Å². The van der Waals surface area contributed by atoms with Crippen LogP contribution in [0.5, 0.6) is 5.75 Å². The highest BCUT2D eigenvalue weighted by Crippen LogP contribution is 2.23. The number of alkyl halides is 4. The number of ether oxygens (including phenoxy) is 1. The van der Waals surface area contributed by atoms with Gasteiger partial charge >= 0.3 is 12.4 Å². The second-order valence-corrected chi connectivity index (χ2v) is 6.57. The highest BCUT2D eigenvalue weighted by Gasteiger charge is 2.31. The molecule has 0 fully saturated rings. The molecule has 29 heavy (non-hydrogen) atoms. The molecule has 1 heterocycles. The summed E-state index contributed by atoms with van der Waals surface area (Å²) >= 11 is 0. The highest BCUT2D eigenvalue weighted by molar-refractivity contribution is 5.89. The summed E-state index contributed by atoms with van der Waals surface area (Å²) in [6, 6.07) is 3.99. The molecular formula is C17H24F4N6O2. The van der Waals surface area contributed by atoms with Gasteiger partial charge in [0, 0.05) is 11.9 Å². The standard InChI is InChI=1S/C17H24F4N6O2/c1-27(2)9-3-8-22-14-13(18)10-23-15(25-14)26-16(28)24-11-4-6-12(7-5-11)29-17(19,20)21/h4-7,10,13-15,22,25H,3,8-9H2,1-2H3,(H2,24,26,28). The minimum atomic E-state index is -4.79. The summed E-state index contributed by atoms with van der Waals surface area (Å²) in [4.78, 5) is 17.9. The molecule has 1 aromatic carbocycles. The van der Waals surface area contributed by atoms with Crippen molar-refractivity contribution in [3.8, 4) is 5.75 Å². The van der Waals surface area contributed by atoms with Crippen molar-refractivity contribution in [3.63, 3.8) is 0 Å². The van der Waals surface area contributed by atoms with E-state index < -0.39 is 36.8 Å². The molecule has 0 saturated heterocycles. The molecule has 0 saturated carbocycles. The van der Waals surface area contributed by atoms with Gasteiger partial charge in [0.15, 0.2) is 12.5 Å². The molecule has 1 aromatic rings. The van der Waals surface area contributed by atoms with E-state index in [-0.39, 0.29) is 5.69 Å². The van der Waals surface area contributed by atoms with Crippen LogP contribution in [0.25, 0.3) is 0 Å². The fourth-order valence-corrected chi connectivity index (χ4v) is 2.49. The normalized spacial score (nSPS) is 21.8. The molecule has 8 nitrogen and oxygen atoms in total. The SMILES string of the molecule is CN(C)CCCNC1NC(NC(=O)Nc2ccc(OC(F)(F)F)cc2)N=CC1F. The number of aliphatic imine (C=N–C) groups is 1. The van der Waals surface area contributed by atoms with Crippen LogP contribution in [-0.4, -0.2) is 69.3 Å². The summed E-state index contributed by atoms with van der Waals surface area (Å²) in [6.45, 7) is 1.43. The van der Waals surface area contributed by atoms with E-state index in [9.17, 15) is 22.4 Å². The Morgan fingerprint density at radius 2 is 1.97 bits per heavy atom. The summed E-state index contributed by atoms with van der Waals surface area (Å²) < 4.78 is 54.1. The van der Waals surface area contributed by atoms with Gasteiger partial charge < -0.3 is 20.3 Å². The average molecular weight is 420 g/mol. The Morgan fingerprint density at radius 3 is 2.59 bits per heavy atom. The minimum Gasteiger partial charge on any atom is -0.406 e. The Bertz CT molecular complexity index is 683. The van der Waals surface area contributed by atoms with Crippen LogP contribution >= 0.6 is 0 Å². The number of carbonyl (C=O) groups excluding carboxylic acids is 1. The Morgan fingerprint density at radius 1 is 1.28 bits per heavy atom. The summed E-state index contributed by atoms with van der Waals surface area (Å²) in [5.74, 6) is -0.404. The van der Waals surface area contributed by atoms with Crippen molar-refractivity contribution in [2.45, 2.75) is 31.4 Å². The zero-order valence-electron chi connectivity index (χ0n) is 16.0. The number of nitrogens with one attached hydrogen (secondary N) is 4. The van der Waals surface area contributed by atoms with E-state index in [1.54, 1.807) is 0 Å². The van der Waals surface area contributed by atoms with E-state index in [2.05, 4.69) is 31.0 Å². The number of nitrogens with zero attached hydrogens (tertiary/aromatic N) is 2. The van der Waals surface area contributed by atoms with Gasteiger partial charge in [-0.3, -0.25) is 15.6 Å². The predicted octanol–water partition coefficient (Wildman–Crippen LogP) is 1.87. The molecule has 0 spiro atoms. The van der Waals surface area contributed by atoms with E-state index >= 15 is 0 Å². The molecule has 1 aliphatic rings. The summed E-state index contributed by atoms with van der Waals surface area (Å²) in [5.41, 5.74) is 0.249. The van der Waals surface area contributed by atoms with Gasteiger partial charge in [-0.15, -0.1) is 13.2 Å². The number of urea groups is 1. The van der Waals surface area contributed by atoms with Crippen LogP contribution in [-0.2, 0) is 0 Å². The van der Waals surface area contributed by atoms with Crippen LogP contribution in [0.2, 0.25) is 0 Å². The Balaban J connectivity index is 1.80. The third-order valence-electron chi connectivity index (χ3n) is 3.79. The van der Waals surface area contributed by atoms with E-state index in [1.165, 1.54) is 12.1 Å². The van der Waals surface area contributed by atoms with Crippen molar-refractivity contribution < 1.29 is 27.1 Å². The lowest BCUT2D eigenvalue weighted by Crippen LogP contribution is -2.60. The molecule has 0 bridgehead atoms. The number of hydrogen-bond acceptors (Lipinski definition) is 6. The van der Waals surface area contributed by atoms with Crippen LogP contribution in [0, 0.1) is 0 Å². The maximum atomic E-state index is 13.9. The number of halogens is 4. The lowest BCUT2D eigenvalue weighted by atomic mass is 10.2. The highest BCUT2D eigenvalue weighted by atomic mass is 19.4. The summed E-state index contributed by atoms with van der Waals surface area (Å²) in [6.07, 6.45) is -5.78. The first kappa shape index (κ1) is 22.8. The second kappa shape index (κ2) is 10.4. The van der Waals surface area contributed by atoms with E-state index in [1.807, 2.05) is 19.0 Å². The number of amides is 2. The van der Waals surface area contributed by atoms with E-state index in [0.717, 1.165) is 31.3 Å². The number of carbonyl (C=O) groups is 1. The molecule has 4 N–H and O–H groups in total. The zero-order chi connectivity index (χ0) is 21.4. The van der Waals surface area contributed by atoms with Crippen LogP contribution < -0.4 is 26.0 Å². The number of rotatable bonds is 8. The van der Waals surface area contributed by atoms with Gasteiger partial charge in [-0.25, -0.2) is 9.18 Å². The lowest BCUT2D eigenvalue weighted by molar-refractivity contribution is -0.274. The Kier molecular flexibility index (Phi) is 8.17. The largest absolute Gasteiger partial charge is 0.573 e. The fraction of sp³-hybridized carbons (Fsp3) is 0.529. The van der Waals surface area contributed by atoms with Crippen LogP contribution in [0.4, 0.5) is 28.0 Å². The maximum Gasteiger partial charge on any atom is 0.573 e. The third kappa shape index (κ3) is 8.62.